The SMILES string of the molecule is Nc1ccc(-c2cncc(-c3ccc(O)cc3)n2)cc1. The number of phenolic OH excluding ortho intramolecular Hbond substituents is 1. The largest absolute Gasteiger partial charge is 0.508 e. The normalized spacial score (nSPS) is 10.4. The van der Waals surface area contributed by atoms with Crippen LogP contribution in [0.25, 0.3) is 22.5 Å². The van der Waals surface area contributed by atoms with Gasteiger partial charge in [-0.25, -0.2) is 4.98 Å². The van der Waals surface area contributed by atoms with Crippen molar-refractivity contribution >= 4 is 5.69 Å². The van der Waals surface area contributed by atoms with E-state index in [0.717, 1.165) is 28.2 Å². The zero-order valence-electron chi connectivity index (χ0n) is 10.7. The van der Waals surface area contributed by atoms with Crippen molar-refractivity contribution in [2.75, 3.05) is 5.73 Å². The number of nitrogens with two attached hydrogens (primary N) is 1. The molecule has 3 aromatic rings. The third-order valence-electron chi connectivity index (χ3n) is 3.00. The van der Waals surface area contributed by atoms with Crippen LogP contribution in [0.3, 0.4) is 0 Å². The first-order chi connectivity index (χ1) is 9.72. The van der Waals surface area contributed by atoms with Gasteiger partial charge in [-0.15, -0.1) is 0 Å². The Bertz CT molecular complexity index is 661. The highest BCUT2D eigenvalue weighted by Gasteiger charge is 2.04. The van der Waals surface area contributed by atoms with E-state index in [4.69, 9.17) is 5.73 Å². The zero-order valence-corrected chi connectivity index (χ0v) is 10.7. The summed E-state index contributed by atoms with van der Waals surface area (Å²) in [6.45, 7) is 0. The molecule has 1 aromatic heterocycles. The molecule has 4 nitrogen and oxygen atoms in total. The summed E-state index contributed by atoms with van der Waals surface area (Å²) in [4.78, 5) is 8.81. The molecule has 0 unspecified atom stereocenters. The Labute approximate surface area is 116 Å². The molecule has 1 heterocycles. The molecule has 0 saturated heterocycles. The Morgan fingerprint density at radius 2 is 1.25 bits per heavy atom. The minimum absolute atomic E-state index is 0.233. The van der Waals surface area contributed by atoms with Crippen LogP contribution >= 0.6 is 0 Å². The van der Waals surface area contributed by atoms with Gasteiger partial charge in [-0.3, -0.25) is 4.98 Å². The minimum atomic E-state index is 0.233. The van der Waals surface area contributed by atoms with Gasteiger partial charge in [0.15, 0.2) is 0 Å². The van der Waals surface area contributed by atoms with E-state index in [1.54, 1.807) is 24.5 Å². The van der Waals surface area contributed by atoms with Crippen LogP contribution in [-0.4, -0.2) is 15.1 Å². The maximum absolute atomic E-state index is 9.31. The van der Waals surface area contributed by atoms with Crippen molar-refractivity contribution < 1.29 is 5.11 Å². The van der Waals surface area contributed by atoms with Crippen LogP contribution in [0.5, 0.6) is 5.75 Å². The van der Waals surface area contributed by atoms with Gasteiger partial charge in [-0.1, -0.05) is 12.1 Å². The summed E-state index contributed by atoms with van der Waals surface area (Å²) in [7, 11) is 0. The van der Waals surface area contributed by atoms with E-state index in [-0.39, 0.29) is 5.75 Å². The number of phenols is 1. The number of benzene rings is 2. The van der Waals surface area contributed by atoms with Crippen LogP contribution in [0.1, 0.15) is 0 Å². The van der Waals surface area contributed by atoms with Gasteiger partial charge >= 0.3 is 0 Å². The molecule has 20 heavy (non-hydrogen) atoms. The van der Waals surface area contributed by atoms with E-state index in [9.17, 15) is 5.11 Å². The molecule has 0 amide bonds. The van der Waals surface area contributed by atoms with Crippen molar-refractivity contribution in [2.45, 2.75) is 0 Å². The van der Waals surface area contributed by atoms with Gasteiger partial charge in [0.1, 0.15) is 5.75 Å². The van der Waals surface area contributed by atoms with Crippen molar-refractivity contribution in [2.24, 2.45) is 0 Å². The molecule has 2 aromatic carbocycles. The number of hydrogen-bond donors (Lipinski definition) is 2. The maximum atomic E-state index is 9.31. The van der Waals surface area contributed by atoms with Crippen molar-refractivity contribution in [3.63, 3.8) is 0 Å². The molecule has 0 aliphatic heterocycles. The molecule has 0 fully saturated rings. The molecule has 0 radical (unpaired) electrons. The number of aromatic nitrogens is 2. The number of aromatic hydroxyl groups is 1. The number of hydrogen-bond acceptors (Lipinski definition) is 4. The van der Waals surface area contributed by atoms with Gasteiger partial charge in [0.05, 0.1) is 23.8 Å². The fraction of sp³-hybridized carbons (Fsp3) is 0. The highest BCUT2D eigenvalue weighted by atomic mass is 16.3. The van der Waals surface area contributed by atoms with E-state index in [2.05, 4.69) is 9.97 Å². The third kappa shape index (κ3) is 2.44. The first-order valence-corrected chi connectivity index (χ1v) is 6.20. The lowest BCUT2D eigenvalue weighted by atomic mass is 10.1. The van der Waals surface area contributed by atoms with Gasteiger partial charge in [-0.05, 0) is 36.4 Å². The molecule has 98 valence electrons. The van der Waals surface area contributed by atoms with Gasteiger partial charge in [0.25, 0.3) is 0 Å². The summed E-state index contributed by atoms with van der Waals surface area (Å²) in [5.74, 6) is 0.233. The molecule has 0 aliphatic rings. The van der Waals surface area contributed by atoms with Crippen LogP contribution in [0.2, 0.25) is 0 Å². The molecular formula is C16H13N3O. The lowest BCUT2D eigenvalue weighted by molar-refractivity contribution is 0.475. The fourth-order valence-electron chi connectivity index (χ4n) is 1.93. The average molecular weight is 263 g/mol. The molecule has 0 atom stereocenters. The fourth-order valence-corrected chi connectivity index (χ4v) is 1.93. The molecule has 4 heteroatoms. The van der Waals surface area contributed by atoms with Gasteiger partial charge in [-0.2, -0.15) is 0 Å². The number of nitrogen functional groups attached to an aromatic ring is 1. The summed E-state index contributed by atoms with van der Waals surface area (Å²) in [5.41, 5.74) is 9.82. The van der Waals surface area contributed by atoms with Crippen LogP contribution in [0, 0.1) is 0 Å². The monoisotopic (exact) mass is 263 g/mol. The Balaban J connectivity index is 2.01. The molecule has 3 N–H and O–H groups in total. The smallest absolute Gasteiger partial charge is 0.115 e. The number of nitrogens with zero attached hydrogens (tertiary/aromatic N) is 2. The van der Waals surface area contributed by atoms with E-state index < -0.39 is 0 Å². The average Bonchev–Trinajstić information content (AvgIpc) is 2.49. The van der Waals surface area contributed by atoms with Crippen molar-refractivity contribution in [1.29, 1.82) is 0 Å². The van der Waals surface area contributed by atoms with Gasteiger partial charge in [0, 0.05) is 16.8 Å². The van der Waals surface area contributed by atoms with Crippen molar-refractivity contribution in [3.05, 3.63) is 60.9 Å². The van der Waals surface area contributed by atoms with E-state index in [0.29, 0.717) is 0 Å². The molecule has 3 rings (SSSR count). The van der Waals surface area contributed by atoms with Crippen molar-refractivity contribution in [3.8, 4) is 28.3 Å². The van der Waals surface area contributed by atoms with Crippen LogP contribution in [-0.2, 0) is 0 Å². The van der Waals surface area contributed by atoms with Crippen LogP contribution < -0.4 is 5.73 Å². The van der Waals surface area contributed by atoms with Crippen LogP contribution in [0.15, 0.2) is 60.9 Å². The summed E-state index contributed by atoms with van der Waals surface area (Å²) in [5, 5.41) is 9.31. The zero-order chi connectivity index (χ0) is 13.9. The first kappa shape index (κ1) is 12.2. The molecule has 0 saturated carbocycles. The second kappa shape index (κ2) is 5.01. The Kier molecular flexibility index (Phi) is 3.05. The number of anilines is 1. The molecule has 0 aliphatic carbocycles. The molecule has 0 spiro atoms. The second-order valence-electron chi connectivity index (χ2n) is 4.46. The topological polar surface area (TPSA) is 72.0 Å². The Morgan fingerprint density at radius 3 is 1.80 bits per heavy atom. The Hall–Kier alpha value is -2.88. The predicted octanol–water partition coefficient (Wildman–Crippen LogP) is 3.10. The first-order valence-electron chi connectivity index (χ1n) is 6.20. The lowest BCUT2D eigenvalue weighted by Gasteiger charge is -2.05. The van der Waals surface area contributed by atoms with E-state index >= 15 is 0 Å². The summed E-state index contributed by atoms with van der Waals surface area (Å²) < 4.78 is 0. The lowest BCUT2D eigenvalue weighted by Crippen LogP contribution is -1.91. The van der Waals surface area contributed by atoms with Gasteiger partial charge < -0.3 is 10.8 Å². The second-order valence-corrected chi connectivity index (χ2v) is 4.46. The summed E-state index contributed by atoms with van der Waals surface area (Å²) >= 11 is 0. The number of rotatable bonds is 2. The molecule has 0 bridgehead atoms. The maximum Gasteiger partial charge on any atom is 0.115 e. The highest BCUT2D eigenvalue weighted by molar-refractivity contribution is 5.66. The van der Waals surface area contributed by atoms with Gasteiger partial charge in [0.2, 0.25) is 0 Å². The van der Waals surface area contributed by atoms with Crippen LogP contribution in [0.4, 0.5) is 5.69 Å². The predicted molar refractivity (Wildman–Crippen MR) is 79.0 cm³/mol. The van der Waals surface area contributed by atoms with E-state index in [1.165, 1.54) is 0 Å². The third-order valence-corrected chi connectivity index (χ3v) is 3.00. The minimum Gasteiger partial charge on any atom is -0.508 e. The quantitative estimate of drug-likeness (QED) is 0.697. The highest BCUT2D eigenvalue weighted by Crippen LogP contribution is 2.23. The standard InChI is InChI=1S/C16H13N3O/c17-13-5-1-11(2-6-13)15-9-18-10-16(19-15)12-3-7-14(20)8-4-12/h1-10,20H,17H2. The van der Waals surface area contributed by atoms with E-state index in [1.807, 2.05) is 36.4 Å². The van der Waals surface area contributed by atoms with Crippen molar-refractivity contribution in [1.82, 2.24) is 9.97 Å². The summed E-state index contributed by atoms with van der Waals surface area (Å²) in [6.07, 6.45) is 3.42. The molecular weight excluding hydrogens is 250 g/mol. The Morgan fingerprint density at radius 1 is 0.750 bits per heavy atom. The summed E-state index contributed by atoms with van der Waals surface area (Å²) in [6, 6.07) is 14.4.